The molecule has 1 saturated heterocycles. The first-order chi connectivity index (χ1) is 6.20. The van der Waals surface area contributed by atoms with E-state index in [4.69, 9.17) is 0 Å². The van der Waals surface area contributed by atoms with E-state index < -0.39 is 0 Å². The average Bonchev–Trinajstić information content (AvgIpc) is 2.42. The maximum Gasteiger partial charge on any atom is 0.00450 e. The molecule has 0 saturated carbocycles. The molecule has 1 heterocycles. The molecule has 1 nitrogen and oxygen atoms in total. The van der Waals surface area contributed by atoms with Gasteiger partial charge in [-0.15, -0.1) is 11.8 Å². The molecule has 0 aromatic heterocycles. The second-order valence-electron chi connectivity index (χ2n) is 4.56. The Morgan fingerprint density at radius 3 is 2.92 bits per heavy atom. The van der Waals surface area contributed by atoms with Crippen LogP contribution in [0.25, 0.3) is 0 Å². The van der Waals surface area contributed by atoms with Crippen molar-refractivity contribution in [3.63, 3.8) is 0 Å². The molecule has 2 aliphatic rings. The Hall–Kier alpha value is 0.0500. The smallest absolute Gasteiger partial charge is 0.00450 e. The first kappa shape index (κ1) is 9.60. The Bertz CT molecular complexity index is 224. The first-order valence-corrected chi connectivity index (χ1v) is 6.37. The maximum atomic E-state index is 2.53. The highest BCUT2D eigenvalue weighted by Gasteiger charge is 2.34. The van der Waals surface area contributed by atoms with Gasteiger partial charge in [0, 0.05) is 13.1 Å². The van der Waals surface area contributed by atoms with Gasteiger partial charge < -0.3 is 4.90 Å². The standard InChI is InChI=1S/C11H19NS/c1-8-4-9-6-12(2)7-10(9)5-11(8)13-3/h5,8-10H,4,6-7H2,1-3H3/t8-,9-,10+/m1/s1. The minimum Gasteiger partial charge on any atom is -0.305 e. The van der Waals surface area contributed by atoms with E-state index in [9.17, 15) is 0 Å². The third-order valence-corrected chi connectivity index (χ3v) is 4.44. The molecule has 0 radical (unpaired) electrons. The molecule has 1 aliphatic carbocycles. The largest absolute Gasteiger partial charge is 0.305 e. The third kappa shape index (κ3) is 1.79. The van der Waals surface area contributed by atoms with E-state index in [0.717, 1.165) is 17.8 Å². The molecule has 0 N–H and O–H groups in total. The molecule has 0 aromatic rings. The van der Waals surface area contributed by atoms with E-state index in [2.05, 4.69) is 31.2 Å². The number of fused-ring (bicyclic) bond motifs is 1. The van der Waals surface area contributed by atoms with E-state index in [1.165, 1.54) is 19.5 Å². The topological polar surface area (TPSA) is 3.24 Å². The van der Waals surface area contributed by atoms with Crippen LogP contribution in [-0.2, 0) is 0 Å². The zero-order chi connectivity index (χ0) is 9.42. The Balaban J connectivity index is 2.13. The fourth-order valence-corrected chi connectivity index (χ4v) is 3.58. The van der Waals surface area contributed by atoms with Crippen LogP contribution in [0.2, 0.25) is 0 Å². The van der Waals surface area contributed by atoms with Crippen LogP contribution in [0.1, 0.15) is 13.3 Å². The maximum absolute atomic E-state index is 2.53. The van der Waals surface area contributed by atoms with Gasteiger partial charge in [0.25, 0.3) is 0 Å². The zero-order valence-corrected chi connectivity index (χ0v) is 9.60. The highest BCUT2D eigenvalue weighted by Crippen LogP contribution is 2.40. The zero-order valence-electron chi connectivity index (χ0n) is 8.79. The summed E-state index contributed by atoms with van der Waals surface area (Å²) < 4.78 is 0. The molecule has 0 bridgehead atoms. The van der Waals surface area contributed by atoms with Gasteiger partial charge >= 0.3 is 0 Å². The summed E-state index contributed by atoms with van der Waals surface area (Å²) in [4.78, 5) is 4.10. The predicted molar refractivity (Wildman–Crippen MR) is 59.9 cm³/mol. The Kier molecular flexibility index (Phi) is 2.70. The van der Waals surface area contributed by atoms with Crippen molar-refractivity contribution in [1.29, 1.82) is 0 Å². The van der Waals surface area contributed by atoms with Crippen molar-refractivity contribution >= 4 is 11.8 Å². The highest BCUT2D eigenvalue weighted by atomic mass is 32.2. The van der Waals surface area contributed by atoms with Gasteiger partial charge in [-0.25, -0.2) is 0 Å². The van der Waals surface area contributed by atoms with E-state index in [1.54, 1.807) is 4.91 Å². The van der Waals surface area contributed by atoms with Gasteiger partial charge in [-0.05, 0) is 42.4 Å². The molecule has 1 aliphatic heterocycles. The second-order valence-corrected chi connectivity index (χ2v) is 5.43. The van der Waals surface area contributed by atoms with Gasteiger partial charge in [-0.3, -0.25) is 0 Å². The van der Waals surface area contributed by atoms with E-state index in [0.29, 0.717) is 0 Å². The van der Waals surface area contributed by atoms with Crippen LogP contribution in [0, 0.1) is 17.8 Å². The van der Waals surface area contributed by atoms with Crippen molar-refractivity contribution < 1.29 is 0 Å². The molecule has 74 valence electrons. The monoisotopic (exact) mass is 197 g/mol. The summed E-state index contributed by atoms with van der Waals surface area (Å²) in [6.07, 6.45) is 6.15. The van der Waals surface area contributed by atoms with Crippen LogP contribution in [0.5, 0.6) is 0 Å². The van der Waals surface area contributed by atoms with Gasteiger partial charge in [-0.2, -0.15) is 0 Å². The van der Waals surface area contributed by atoms with E-state index in [-0.39, 0.29) is 0 Å². The molecular weight excluding hydrogens is 178 g/mol. The summed E-state index contributed by atoms with van der Waals surface area (Å²) in [7, 11) is 2.25. The van der Waals surface area contributed by atoms with Gasteiger partial charge in [-0.1, -0.05) is 13.0 Å². The summed E-state index contributed by atoms with van der Waals surface area (Å²) in [5.41, 5.74) is 0. The molecule has 2 heteroatoms. The van der Waals surface area contributed by atoms with Crippen molar-refractivity contribution in [3.05, 3.63) is 11.0 Å². The minimum atomic E-state index is 0.808. The highest BCUT2D eigenvalue weighted by molar-refractivity contribution is 8.02. The van der Waals surface area contributed by atoms with Crippen molar-refractivity contribution in [1.82, 2.24) is 4.90 Å². The van der Waals surface area contributed by atoms with Crippen molar-refractivity contribution in [2.45, 2.75) is 13.3 Å². The molecule has 3 atom stereocenters. The van der Waals surface area contributed by atoms with E-state index >= 15 is 0 Å². The lowest BCUT2D eigenvalue weighted by Gasteiger charge is -2.27. The number of nitrogens with zero attached hydrogens (tertiary/aromatic N) is 1. The number of rotatable bonds is 1. The lowest BCUT2D eigenvalue weighted by Crippen LogP contribution is -2.20. The van der Waals surface area contributed by atoms with Gasteiger partial charge in [0.05, 0.1) is 0 Å². The lowest BCUT2D eigenvalue weighted by atomic mass is 9.82. The van der Waals surface area contributed by atoms with Crippen molar-refractivity contribution in [2.75, 3.05) is 26.4 Å². The van der Waals surface area contributed by atoms with Gasteiger partial charge in [0.1, 0.15) is 0 Å². The van der Waals surface area contributed by atoms with Crippen molar-refractivity contribution in [3.8, 4) is 0 Å². The SMILES string of the molecule is CSC1=C[C@H]2CN(C)C[C@H]2C[C@H]1C. The quantitative estimate of drug-likeness (QED) is 0.635. The number of thioether (sulfide) groups is 1. The average molecular weight is 197 g/mol. The van der Waals surface area contributed by atoms with Crippen molar-refractivity contribution in [2.24, 2.45) is 17.8 Å². The van der Waals surface area contributed by atoms with Gasteiger partial charge in [0.15, 0.2) is 0 Å². The summed E-state index contributed by atoms with van der Waals surface area (Å²) in [6.45, 7) is 4.96. The molecule has 0 amide bonds. The van der Waals surface area contributed by atoms with E-state index in [1.807, 2.05) is 11.8 Å². The van der Waals surface area contributed by atoms with Crippen LogP contribution < -0.4 is 0 Å². The normalized spacial score (nSPS) is 40.2. The summed E-state index contributed by atoms with van der Waals surface area (Å²) in [6, 6.07) is 0. The molecule has 1 fully saturated rings. The lowest BCUT2D eigenvalue weighted by molar-refractivity contribution is 0.361. The fourth-order valence-electron chi connectivity index (χ4n) is 2.77. The van der Waals surface area contributed by atoms with Crippen LogP contribution >= 0.6 is 11.8 Å². The molecular formula is C11H19NS. The summed E-state index contributed by atoms with van der Waals surface area (Å²) in [5.74, 6) is 2.60. The number of hydrogen-bond acceptors (Lipinski definition) is 2. The second kappa shape index (κ2) is 3.66. The number of hydrogen-bond donors (Lipinski definition) is 0. The first-order valence-electron chi connectivity index (χ1n) is 5.15. The van der Waals surface area contributed by atoms with Crippen LogP contribution in [0.15, 0.2) is 11.0 Å². The Morgan fingerprint density at radius 1 is 1.46 bits per heavy atom. The number of likely N-dealkylation sites (tertiary alicyclic amines) is 1. The van der Waals surface area contributed by atoms with Crippen LogP contribution in [0.3, 0.4) is 0 Å². The summed E-state index contributed by atoms with van der Waals surface area (Å²) in [5, 5.41) is 0. The van der Waals surface area contributed by atoms with Gasteiger partial charge in [0.2, 0.25) is 0 Å². The molecule has 0 spiro atoms. The fraction of sp³-hybridized carbons (Fsp3) is 0.818. The summed E-state index contributed by atoms with van der Waals surface area (Å²) >= 11 is 1.95. The van der Waals surface area contributed by atoms with Crippen LogP contribution in [-0.4, -0.2) is 31.3 Å². The Morgan fingerprint density at radius 2 is 2.23 bits per heavy atom. The molecule has 2 rings (SSSR count). The van der Waals surface area contributed by atoms with Crippen LogP contribution in [0.4, 0.5) is 0 Å². The molecule has 13 heavy (non-hydrogen) atoms. The third-order valence-electron chi connectivity index (χ3n) is 3.43. The molecule has 0 unspecified atom stereocenters. The molecule has 0 aromatic carbocycles. The number of allylic oxidation sites excluding steroid dienone is 1. The Labute approximate surface area is 85.6 Å². The predicted octanol–water partition coefficient (Wildman–Crippen LogP) is 2.45. The minimum absolute atomic E-state index is 0.808.